The van der Waals surface area contributed by atoms with Gasteiger partial charge in [-0.05, 0) is 0 Å². The molecular formula is H3BNa2O4S. The zero-order valence-electron chi connectivity index (χ0n) is 4.04. The van der Waals surface area contributed by atoms with Crippen LogP contribution in [0.2, 0.25) is 0 Å². The van der Waals surface area contributed by atoms with Crippen LogP contribution in [0.4, 0.5) is 0 Å². The molecule has 0 N–H and O–H groups in total. The molecule has 0 heterocycles. The summed E-state index contributed by atoms with van der Waals surface area (Å²) in [4.78, 5) is 0. The molecule has 0 fully saturated rings. The molecule has 8 heteroatoms. The summed E-state index contributed by atoms with van der Waals surface area (Å²) >= 11 is 0. The molecule has 0 aromatic rings. The van der Waals surface area contributed by atoms with Crippen LogP contribution in [0.3, 0.4) is 0 Å². The largest absolute Gasteiger partial charge is 1.00 e. The summed E-state index contributed by atoms with van der Waals surface area (Å²) in [6, 6.07) is 0. The zero-order valence-corrected chi connectivity index (χ0v) is 8.86. The normalized spacial score (nSPS) is 7.25. The fourth-order valence-electron chi connectivity index (χ4n) is 0. The van der Waals surface area contributed by atoms with E-state index in [0.717, 1.165) is 0 Å². The zero-order chi connectivity index (χ0) is 4.50. The second kappa shape index (κ2) is 8.93. The molecule has 0 aliphatic carbocycles. The maximum absolute atomic E-state index is 8.52. The molecule has 0 aromatic carbocycles. The van der Waals surface area contributed by atoms with Crippen LogP contribution in [0, 0.1) is 0 Å². The summed E-state index contributed by atoms with van der Waals surface area (Å²) in [6.07, 6.45) is 0. The SMILES string of the molecule is B.O=S(=O)([O-])[O-].[Na+].[Na+]. The molecule has 0 saturated carbocycles. The van der Waals surface area contributed by atoms with Gasteiger partial charge in [0.05, 0.1) is 8.41 Å². The van der Waals surface area contributed by atoms with Crippen LogP contribution in [0.1, 0.15) is 0 Å². The first kappa shape index (κ1) is 22.5. The van der Waals surface area contributed by atoms with Crippen molar-refractivity contribution in [3.8, 4) is 0 Å². The van der Waals surface area contributed by atoms with Gasteiger partial charge in [0.2, 0.25) is 0 Å². The van der Waals surface area contributed by atoms with Crippen molar-refractivity contribution >= 4 is 18.8 Å². The van der Waals surface area contributed by atoms with Crippen molar-refractivity contribution in [3.63, 3.8) is 0 Å². The van der Waals surface area contributed by atoms with E-state index in [2.05, 4.69) is 0 Å². The molecule has 0 radical (unpaired) electrons. The molecule has 0 aliphatic rings. The number of hydrogen-bond acceptors (Lipinski definition) is 4. The smallest absolute Gasteiger partial charge is 0.759 e. The Labute approximate surface area is 94.2 Å². The van der Waals surface area contributed by atoms with Crippen LogP contribution in [0.15, 0.2) is 0 Å². The summed E-state index contributed by atoms with van der Waals surface area (Å²) in [5, 5.41) is 0. The van der Waals surface area contributed by atoms with Crippen molar-refractivity contribution in [2.45, 2.75) is 0 Å². The second-order valence-corrected chi connectivity index (χ2v) is 1.22. The van der Waals surface area contributed by atoms with E-state index in [9.17, 15) is 0 Å². The van der Waals surface area contributed by atoms with Crippen LogP contribution in [-0.4, -0.2) is 25.9 Å². The summed E-state index contributed by atoms with van der Waals surface area (Å²) in [5.74, 6) is 0. The van der Waals surface area contributed by atoms with Crippen molar-refractivity contribution in [3.05, 3.63) is 0 Å². The Morgan fingerprint density at radius 3 is 1.00 bits per heavy atom. The number of rotatable bonds is 0. The summed E-state index contributed by atoms with van der Waals surface area (Å²) in [5.41, 5.74) is 0. The Balaban J connectivity index is -0.0000000267. The van der Waals surface area contributed by atoms with Gasteiger partial charge in [-0.15, -0.1) is 0 Å². The Hall–Kier alpha value is 1.93. The molecule has 0 aromatic heterocycles. The van der Waals surface area contributed by atoms with Crippen LogP contribution < -0.4 is 59.1 Å². The van der Waals surface area contributed by atoms with Gasteiger partial charge in [-0.3, -0.25) is 8.42 Å². The quantitative estimate of drug-likeness (QED) is 0.198. The van der Waals surface area contributed by atoms with Crippen LogP contribution in [0.25, 0.3) is 0 Å². The predicted molar refractivity (Wildman–Crippen MR) is 20.4 cm³/mol. The van der Waals surface area contributed by atoms with Crippen LogP contribution in [-0.2, 0) is 10.4 Å². The van der Waals surface area contributed by atoms with Gasteiger partial charge in [0.1, 0.15) is 0 Å². The van der Waals surface area contributed by atoms with E-state index in [1.54, 1.807) is 0 Å². The van der Waals surface area contributed by atoms with Gasteiger partial charge in [0, 0.05) is 10.4 Å². The van der Waals surface area contributed by atoms with E-state index < -0.39 is 10.4 Å². The average Bonchev–Trinajstić information content (AvgIpc) is 0.722. The van der Waals surface area contributed by atoms with E-state index in [4.69, 9.17) is 17.5 Å². The van der Waals surface area contributed by atoms with Gasteiger partial charge in [-0.1, -0.05) is 0 Å². The van der Waals surface area contributed by atoms with Gasteiger partial charge in [0.25, 0.3) is 0 Å². The third-order valence-corrected chi connectivity index (χ3v) is 0. The molecule has 0 amide bonds. The van der Waals surface area contributed by atoms with E-state index in [0.29, 0.717) is 0 Å². The van der Waals surface area contributed by atoms with Crippen molar-refractivity contribution < 1.29 is 76.6 Å². The van der Waals surface area contributed by atoms with Gasteiger partial charge >= 0.3 is 59.1 Å². The first-order valence-electron chi connectivity index (χ1n) is 0.667. The standard InChI is InChI=1S/BH3.2Na.H2O4S/c;;;1-5(2,3)4/h1H3;;;(H2,1,2,3,4)/q;2*+1;/p-2. The van der Waals surface area contributed by atoms with Gasteiger partial charge in [-0.2, -0.15) is 0 Å². The van der Waals surface area contributed by atoms with Gasteiger partial charge < -0.3 is 9.11 Å². The maximum atomic E-state index is 8.52. The maximum Gasteiger partial charge on any atom is 1.00 e. The molecule has 4 nitrogen and oxygen atoms in total. The topological polar surface area (TPSA) is 80.3 Å². The van der Waals surface area contributed by atoms with E-state index >= 15 is 0 Å². The fourth-order valence-corrected chi connectivity index (χ4v) is 0. The average molecular weight is 156 g/mol. The Bertz CT molecular complexity index is 97.2. The molecular weight excluding hydrogens is 153 g/mol. The summed E-state index contributed by atoms with van der Waals surface area (Å²) in [6.45, 7) is 0. The third-order valence-electron chi connectivity index (χ3n) is 0. The molecule has 0 saturated heterocycles. The molecule has 0 rings (SSSR count). The Kier molecular flexibility index (Phi) is 25.1. The summed E-state index contributed by atoms with van der Waals surface area (Å²) in [7, 11) is -5.17. The number of hydrogen-bond donors (Lipinski definition) is 0. The third kappa shape index (κ3) is 102. The van der Waals surface area contributed by atoms with Crippen LogP contribution >= 0.6 is 0 Å². The van der Waals surface area contributed by atoms with Crippen molar-refractivity contribution in [1.82, 2.24) is 0 Å². The molecule has 38 valence electrons. The van der Waals surface area contributed by atoms with Crippen molar-refractivity contribution in [2.24, 2.45) is 0 Å². The molecule has 0 aliphatic heterocycles. The molecule has 8 heavy (non-hydrogen) atoms. The van der Waals surface area contributed by atoms with Gasteiger partial charge in [-0.25, -0.2) is 0 Å². The molecule has 0 atom stereocenters. The van der Waals surface area contributed by atoms with E-state index in [-0.39, 0.29) is 67.5 Å². The molecule has 0 spiro atoms. The Morgan fingerprint density at radius 1 is 1.00 bits per heavy atom. The fraction of sp³-hybridized carbons (Fsp3) is 0. The van der Waals surface area contributed by atoms with E-state index in [1.807, 2.05) is 0 Å². The minimum Gasteiger partial charge on any atom is -0.759 e. The molecule has 0 bridgehead atoms. The molecule has 0 unspecified atom stereocenters. The van der Waals surface area contributed by atoms with E-state index in [1.165, 1.54) is 0 Å². The van der Waals surface area contributed by atoms with Crippen molar-refractivity contribution in [2.75, 3.05) is 0 Å². The first-order valence-corrected chi connectivity index (χ1v) is 2.00. The minimum atomic E-state index is -5.17. The first-order chi connectivity index (χ1) is 2.00. The Morgan fingerprint density at radius 2 is 1.00 bits per heavy atom. The minimum absolute atomic E-state index is 0. The van der Waals surface area contributed by atoms with Crippen LogP contribution in [0.5, 0.6) is 0 Å². The van der Waals surface area contributed by atoms with Crippen molar-refractivity contribution in [1.29, 1.82) is 0 Å². The predicted octanol–water partition coefficient (Wildman–Crippen LogP) is -8.51. The monoisotopic (exact) mass is 156 g/mol. The van der Waals surface area contributed by atoms with Gasteiger partial charge in [0.15, 0.2) is 0 Å². The second-order valence-electron chi connectivity index (χ2n) is 0.408. The summed E-state index contributed by atoms with van der Waals surface area (Å²) < 4.78 is 34.1.